The Morgan fingerprint density at radius 3 is 2.89 bits per heavy atom. The molecule has 5 rings (SSSR count). The minimum atomic E-state index is -0.426. The summed E-state index contributed by atoms with van der Waals surface area (Å²) < 4.78 is 19.0. The lowest BCUT2D eigenvalue weighted by atomic mass is 10.2. The van der Waals surface area contributed by atoms with Gasteiger partial charge in [0.1, 0.15) is 22.3 Å². The van der Waals surface area contributed by atoms with Crippen LogP contribution in [0.25, 0.3) is 10.2 Å². The standard InChI is InChI=1S/C20H20ClFN4OS/c21-14-10-12(4-5-15(14)22)23-19-18-13-2-1-3-16(13)28-20(18)25-17(24-19)11-26-6-8-27-9-7-26/h4-5,10H,1-3,6-9,11H2,(H,23,24,25). The van der Waals surface area contributed by atoms with Crippen LogP contribution in [-0.4, -0.2) is 41.2 Å². The summed E-state index contributed by atoms with van der Waals surface area (Å²) >= 11 is 7.74. The molecule has 0 amide bonds. The highest BCUT2D eigenvalue weighted by molar-refractivity contribution is 7.19. The summed E-state index contributed by atoms with van der Waals surface area (Å²) in [6, 6.07) is 4.65. The molecule has 146 valence electrons. The van der Waals surface area contributed by atoms with Gasteiger partial charge in [0.15, 0.2) is 0 Å². The first-order valence-electron chi connectivity index (χ1n) is 9.51. The minimum Gasteiger partial charge on any atom is -0.379 e. The fourth-order valence-corrected chi connectivity index (χ4v) is 5.33. The van der Waals surface area contributed by atoms with E-state index in [-0.39, 0.29) is 5.02 Å². The molecule has 1 aliphatic carbocycles. The van der Waals surface area contributed by atoms with Crippen LogP contribution in [0.1, 0.15) is 22.7 Å². The van der Waals surface area contributed by atoms with Gasteiger partial charge in [-0.1, -0.05) is 11.6 Å². The first-order chi connectivity index (χ1) is 13.7. The zero-order valence-electron chi connectivity index (χ0n) is 15.3. The lowest BCUT2D eigenvalue weighted by Crippen LogP contribution is -2.36. The number of rotatable bonds is 4. The molecule has 0 unspecified atom stereocenters. The third kappa shape index (κ3) is 3.48. The van der Waals surface area contributed by atoms with E-state index in [4.69, 9.17) is 26.3 Å². The Bertz CT molecular complexity index is 1030. The Labute approximate surface area is 171 Å². The van der Waals surface area contributed by atoms with Crippen LogP contribution < -0.4 is 5.32 Å². The summed E-state index contributed by atoms with van der Waals surface area (Å²) in [7, 11) is 0. The van der Waals surface area contributed by atoms with Crippen molar-refractivity contribution < 1.29 is 9.13 Å². The number of fused-ring (bicyclic) bond motifs is 3. The van der Waals surface area contributed by atoms with Gasteiger partial charge in [0.25, 0.3) is 0 Å². The zero-order valence-corrected chi connectivity index (χ0v) is 16.9. The molecule has 1 N–H and O–H groups in total. The molecule has 1 fully saturated rings. The van der Waals surface area contributed by atoms with E-state index in [1.165, 1.54) is 22.9 Å². The lowest BCUT2D eigenvalue weighted by molar-refractivity contribution is 0.0331. The summed E-state index contributed by atoms with van der Waals surface area (Å²) in [6.45, 7) is 3.96. The van der Waals surface area contributed by atoms with Gasteiger partial charge in [-0.2, -0.15) is 0 Å². The van der Waals surface area contributed by atoms with E-state index in [9.17, 15) is 4.39 Å². The van der Waals surface area contributed by atoms with Gasteiger partial charge < -0.3 is 10.1 Å². The number of hydrogen-bond acceptors (Lipinski definition) is 6. The number of hydrogen-bond donors (Lipinski definition) is 1. The number of aryl methyl sites for hydroxylation is 2. The Morgan fingerprint density at radius 2 is 2.07 bits per heavy atom. The van der Waals surface area contributed by atoms with E-state index in [1.807, 2.05) is 0 Å². The monoisotopic (exact) mass is 418 g/mol. The van der Waals surface area contributed by atoms with Crippen molar-refractivity contribution in [2.75, 3.05) is 31.6 Å². The second-order valence-corrected chi connectivity index (χ2v) is 8.66. The lowest BCUT2D eigenvalue weighted by Gasteiger charge is -2.25. The van der Waals surface area contributed by atoms with Crippen molar-refractivity contribution in [3.63, 3.8) is 0 Å². The maximum Gasteiger partial charge on any atom is 0.146 e. The molecule has 0 atom stereocenters. The second kappa shape index (κ2) is 7.55. The fourth-order valence-electron chi connectivity index (χ4n) is 3.87. The van der Waals surface area contributed by atoms with Gasteiger partial charge in [-0.15, -0.1) is 11.3 Å². The number of aromatic nitrogens is 2. The van der Waals surface area contributed by atoms with Crippen LogP contribution in [-0.2, 0) is 24.1 Å². The molecular weight excluding hydrogens is 399 g/mol. The van der Waals surface area contributed by atoms with Crippen molar-refractivity contribution in [3.05, 3.63) is 45.3 Å². The molecule has 0 bridgehead atoms. The molecule has 3 aromatic rings. The van der Waals surface area contributed by atoms with Crippen molar-refractivity contribution in [1.82, 2.24) is 14.9 Å². The van der Waals surface area contributed by atoms with E-state index in [1.54, 1.807) is 23.5 Å². The Kier molecular flexibility index (Phi) is 4.92. The molecule has 1 aliphatic heterocycles. The minimum absolute atomic E-state index is 0.0967. The number of morpholine rings is 1. The van der Waals surface area contributed by atoms with Crippen molar-refractivity contribution >= 4 is 44.7 Å². The van der Waals surface area contributed by atoms with Crippen LogP contribution in [0.2, 0.25) is 5.02 Å². The van der Waals surface area contributed by atoms with Gasteiger partial charge >= 0.3 is 0 Å². The van der Waals surface area contributed by atoms with Crippen LogP contribution >= 0.6 is 22.9 Å². The fraction of sp³-hybridized carbons (Fsp3) is 0.400. The predicted molar refractivity (Wildman–Crippen MR) is 110 cm³/mol. The predicted octanol–water partition coefficient (Wildman–Crippen LogP) is 4.55. The number of halogens is 2. The quantitative estimate of drug-likeness (QED) is 0.673. The summed E-state index contributed by atoms with van der Waals surface area (Å²) in [4.78, 5) is 14.5. The van der Waals surface area contributed by atoms with Gasteiger partial charge in [0, 0.05) is 23.7 Å². The number of anilines is 2. The van der Waals surface area contributed by atoms with Crippen LogP contribution in [0, 0.1) is 5.82 Å². The number of nitrogens with one attached hydrogen (secondary N) is 1. The zero-order chi connectivity index (χ0) is 19.1. The number of nitrogens with zero attached hydrogens (tertiary/aromatic N) is 3. The molecule has 0 radical (unpaired) electrons. The molecule has 3 heterocycles. The molecule has 2 aliphatic rings. The highest BCUT2D eigenvalue weighted by atomic mass is 35.5. The van der Waals surface area contributed by atoms with Crippen molar-refractivity contribution in [2.45, 2.75) is 25.8 Å². The van der Waals surface area contributed by atoms with Gasteiger partial charge in [0.05, 0.1) is 30.2 Å². The van der Waals surface area contributed by atoms with Crippen LogP contribution in [0.4, 0.5) is 15.9 Å². The van der Waals surface area contributed by atoms with Crippen molar-refractivity contribution in [1.29, 1.82) is 0 Å². The average Bonchev–Trinajstić information content (AvgIpc) is 3.26. The molecular formula is C20H20ClFN4OS. The molecule has 1 aromatic carbocycles. The first-order valence-corrected chi connectivity index (χ1v) is 10.7. The van der Waals surface area contributed by atoms with E-state index in [0.29, 0.717) is 6.54 Å². The third-order valence-corrected chi connectivity index (χ3v) is 6.74. The largest absolute Gasteiger partial charge is 0.379 e. The van der Waals surface area contributed by atoms with Gasteiger partial charge in [-0.05, 0) is 43.0 Å². The van der Waals surface area contributed by atoms with E-state index in [0.717, 1.165) is 66.7 Å². The molecule has 1 saturated heterocycles. The summed E-state index contributed by atoms with van der Waals surface area (Å²) in [5.41, 5.74) is 2.08. The molecule has 0 saturated carbocycles. The Morgan fingerprint density at radius 1 is 1.21 bits per heavy atom. The van der Waals surface area contributed by atoms with E-state index in [2.05, 4.69) is 10.2 Å². The Balaban J connectivity index is 1.54. The number of ether oxygens (including phenoxy) is 1. The Hall–Kier alpha value is -1.80. The summed E-state index contributed by atoms with van der Waals surface area (Å²) in [6.07, 6.45) is 3.34. The molecule has 28 heavy (non-hydrogen) atoms. The number of benzene rings is 1. The van der Waals surface area contributed by atoms with Gasteiger partial charge in [0.2, 0.25) is 0 Å². The molecule has 0 spiro atoms. The third-order valence-electron chi connectivity index (χ3n) is 5.26. The topological polar surface area (TPSA) is 50.3 Å². The SMILES string of the molecule is Fc1ccc(Nc2nc(CN3CCOCC3)nc3sc4c(c23)CCC4)cc1Cl. The van der Waals surface area contributed by atoms with Gasteiger partial charge in [-0.3, -0.25) is 4.90 Å². The average molecular weight is 419 g/mol. The highest BCUT2D eigenvalue weighted by Crippen LogP contribution is 2.40. The van der Waals surface area contributed by atoms with Crippen LogP contribution in [0.3, 0.4) is 0 Å². The normalized spacial score (nSPS) is 17.2. The highest BCUT2D eigenvalue weighted by Gasteiger charge is 2.23. The van der Waals surface area contributed by atoms with E-state index < -0.39 is 5.82 Å². The summed E-state index contributed by atoms with van der Waals surface area (Å²) in [5, 5.41) is 4.57. The molecule has 2 aromatic heterocycles. The van der Waals surface area contributed by atoms with E-state index >= 15 is 0 Å². The van der Waals surface area contributed by atoms with Crippen molar-refractivity contribution in [3.8, 4) is 0 Å². The summed E-state index contributed by atoms with van der Waals surface area (Å²) in [5.74, 6) is 1.16. The van der Waals surface area contributed by atoms with Gasteiger partial charge in [-0.25, -0.2) is 14.4 Å². The number of thiophene rings is 1. The second-order valence-electron chi connectivity index (χ2n) is 7.17. The smallest absolute Gasteiger partial charge is 0.146 e. The van der Waals surface area contributed by atoms with Crippen LogP contribution in [0.15, 0.2) is 18.2 Å². The first kappa shape index (κ1) is 18.2. The maximum absolute atomic E-state index is 13.5. The molecule has 5 nitrogen and oxygen atoms in total. The molecule has 8 heteroatoms. The van der Waals surface area contributed by atoms with Crippen LogP contribution in [0.5, 0.6) is 0 Å². The maximum atomic E-state index is 13.5. The van der Waals surface area contributed by atoms with Crippen molar-refractivity contribution in [2.24, 2.45) is 0 Å².